The molecule has 0 aromatic heterocycles. The number of carbonyl (C=O) groups is 1. The Morgan fingerprint density at radius 2 is 1.11 bits per heavy atom. The van der Waals surface area contributed by atoms with Crippen molar-refractivity contribution < 1.29 is 22.9 Å². The zero-order valence-corrected chi connectivity index (χ0v) is 37.3. The minimum atomic E-state index is -2.02. The smallest absolute Gasteiger partial charge is 0.279 e. The molecule has 1 N–H and O–H groups in total. The maximum Gasteiger partial charge on any atom is 0.279 e. The summed E-state index contributed by atoms with van der Waals surface area (Å²) in [6.07, 6.45) is 0.729. The van der Waals surface area contributed by atoms with Gasteiger partial charge in [-0.3, -0.25) is 4.79 Å². The van der Waals surface area contributed by atoms with Crippen LogP contribution in [0, 0.1) is 0 Å². The van der Waals surface area contributed by atoms with Gasteiger partial charge in [0.1, 0.15) is 0 Å². The van der Waals surface area contributed by atoms with Crippen LogP contribution in [0.1, 0.15) is 110 Å². The van der Waals surface area contributed by atoms with Crippen LogP contribution in [0.15, 0.2) is 0 Å². The lowest BCUT2D eigenvalue weighted by atomic mass is 9.99. The quantitative estimate of drug-likeness (QED) is 0.0713. The predicted molar refractivity (Wildman–Crippen MR) is 208 cm³/mol. The molecule has 0 aromatic rings. The molecule has 0 saturated carbocycles. The molecule has 0 bridgehead atoms. The molecule has 0 unspecified atom stereocenters. The van der Waals surface area contributed by atoms with E-state index in [2.05, 4.69) is 145 Å². The maximum absolute atomic E-state index is 13.3. The summed E-state index contributed by atoms with van der Waals surface area (Å²) in [5.41, 5.74) is -0.585. The van der Waals surface area contributed by atoms with Crippen LogP contribution in [-0.4, -0.2) is 99.7 Å². The Balaban J connectivity index is 5.34. The number of ether oxygens (including phenoxy) is 1. The molecular weight excluding hydrogens is 650 g/mol. The van der Waals surface area contributed by atoms with E-state index >= 15 is 0 Å². The molecule has 0 saturated heterocycles. The first-order chi connectivity index (χ1) is 20.7. The molecule has 0 heterocycles. The Kier molecular flexibility index (Phi) is 19.9. The summed E-state index contributed by atoms with van der Waals surface area (Å²) in [6, 6.07) is 1.49. The van der Waals surface area contributed by atoms with Crippen molar-refractivity contribution in [2.45, 2.75) is 176 Å². The number of thioether (sulfide) groups is 1. The lowest BCUT2D eigenvalue weighted by molar-refractivity contribution is 0.101. The first kappa shape index (κ1) is 46.4. The molecule has 0 rings (SSSR count). The largest absolute Gasteiger partial charge is 0.414 e. The van der Waals surface area contributed by atoms with Crippen LogP contribution in [-0.2, 0) is 18.1 Å². The molecule has 0 spiro atoms. The molecule has 0 aliphatic rings. The van der Waals surface area contributed by atoms with Crippen LogP contribution in [0.3, 0.4) is 0 Å². The molecule has 8 nitrogen and oxygen atoms in total. The molecule has 276 valence electrons. The van der Waals surface area contributed by atoms with Crippen molar-refractivity contribution >= 4 is 42.1 Å². The highest BCUT2D eigenvalue weighted by Crippen LogP contribution is 2.50. The second kappa shape index (κ2) is 19.7. The maximum atomic E-state index is 13.3. The lowest BCUT2D eigenvalue weighted by Crippen LogP contribution is -2.58. The molecule has 0 fully saturated rings. The van der Waals surface area contributed by atoms with E-state index in [-0.39, 0.29) is 15.3 Å². The summed E-state index contributed by atoms with van der Waals surface area (Å²) >= 11 is 1.27. The van der Waals surface area contributed by atoms with Crippen molar-refractivity contribution in [1.29, 1.82) is 0 Å². The average Bonchev–Trinajstić information content (AvgIpc) is 2.87. The van der Waals surface area contributed by atoms with E-state index in [1.807, 2.05) is 0 Å². The number of nitrogens with zero attached hydrogens (tertiary/aromatic N) is 2. The molecule has 0 aliphatic heterocycles. The number of hydrogen-bond acceptors (Lipinski definition) is 8. The number of amides is 1. The van der Waals surface area contributed by atoms with Crippen LogP contribution < -0.4 is 5.32 Å². The van der Waals surface area contributed by atoms with Crippen molar-refractivity contribution in [2.75, 3.05) is 38.8 Å². The van der Waals surface area contributed by atoms with Crippen LogP contribution in [0.2, 0.25) is 36.3 Å². The summed E-state index contributed by atoms with van der Waals surface area (Å²) in [5, 5.41) is 3.45. The van der Waals surface area contributed by atoms with Crippen LogP contribution in [0.25, 0.3) is 0 Å². The standard InChI is InChI=1S/C34H76N3O5PSSi2/c1-20-34(25-41-45(16,17)32(10,11)12,26-42-46(18,19)33(13,14)15)35-31(38)44-24-23-39-21-22-40-43(36(27(2)3)28(4)5)37(29(6)7)30(8)9/h27-30H,20-26H2,1-19H3,(H,35,38). The third-order valence-electron chi connectivity index (χ3n) is 9.48. The van der Waals surface area contributed by atoms with Gasteiger partial charge in [-0.1, -0.05) is 60.2 Å². The van der Waals surface area contributed by atoms with Crippen molar-refractivity contribution in [2.24, 2.45) is 0 Å². The third kappa shape index (κ3) is 15.1. The van der Waals surface area contributed by atoms with Gasteiger partial charge in [0.2, 0.25) is 0 Å². The second-order valence-corrected chi connectivity index (χ2v) is 29.2. The van der Waals surface area contributed by atoms with Gasteiger partial charge in [-0.2, -0.15) is 0 Å². The fourth-order valence-electron chi connectivity index (χ4n) is 4.44. The van der Waals surface area contributed by atoms with Crippen LogP contribution >= 0.6 is 20.2 Å². The Morgan fingerprint density at radius 3 is 1.43 bits per heavy atom. The Morgan fingerprint density at radius 1 is 0.717 bits per heavy atom. The minimum absolute atomic E-state index is 0.0584. The molecule has 0 atom stereocenters. The zero-order chi connectivity index (χ0) is 36.3. The number of carbonyl (C=O) groups excluding carboxylic acids is 1. The summed E-state index contributed by atoms with van der Waals surface area (Å²) < 4.78 is 30.9. The first-order valence-corrected chi connectivity index (χ1v) is 25.5. The fourth-order valence-corrected chi connectivity index (χ4v) is 9.58. The van der Waals surface area contributed by atoms with E-state index in [1.165, 1.54) is 11.8 Å². The van der Waals surface area contributed by atoms with Gasteiger partial charge in [0.05, 0.1) is 38.6 Å². The van der Waals surface area contributed by atoms with Gasteiger partial charge in [0.15, 0.2) is 25.1 Å². The van der Waals surface area contributed by atoms with Crippen LogP contribution in [0.5, 0.6) is 0 Å². The third-order valence-corrected chi connectivity index (χ3v) is 22.2. The van der Waals surface area contributed by atoms with Gasteiger partial charge in [-0.25, -0.2) is 9.34 Å². The number of nitrogens with one attached hydrogen (secondary N) is 1. The van der Waals surface area contributed by atoms with Gasteiger partial charge in [0, 0.05) is 29.9 Å². The van der Waals surface area contributed by atoms with Crippen molar-refractivity contribution in [1.82, 2.24) is 14.7 Å². The highest BCUT2D eigenvalue weighted by molar-refractivity contribution is 8.13. The normalized spacial score (nSPS) is 14.3. The minimum Gasteiger partial charge on any atom is -0.414 e. The average molecular weight is 726 g/mol. The molecule has 0 aliphatic carbocycles. The van der Waals surface area contributed by atoms with E-state index in [1.54, 1.807) is 0 Å². The highest BCUT2D eigenvalue weighted by Gasteiger charge is 2.44. The van der Waals surface area contributed by atoms with E-state index in [0.717, 1.165) is 6.42 Å². The van der Waals surface area contributed by atoms with Gasteiger partial charge < -0.3 is 23.4 Å². The second-order valence-electron chi connectivity index (χ2n) is 16.8. The summed E-state index contributed by atoms with van der Waals surface area (Å²) in [5.74, 6) is 0.570. The van der Waals surface area contributed by atoms with Crippen molar-refractivity contribution in [3.63, 3.8) is 0 Å². The van der Waals surface area contributed by atoms with E-state index in [0.29, 0.717) is 63.0 Å². The van der Waals surface area contributed by atoms with Crippen molar-refractivity contribution in [3.8, 4) is 0 Å². The van der Waals surface area contributed by atoms with Crippen LogP contribution in [0.4, 0.5) is 4.79 Å². The Hall–Kier alpha value is 0.444. The SMILES string of the molecule is CCC(CO[Si](C)(C)C(C)(C)C)(CO[Si](C)(C)C(C)(C)C)NC(=O)SCCOCCOP(N(C(C)C)C(C)C)N(C(C)C)C(C)C. The molecule has 1 amide bonds. The summed E-state index contributed by atoms with van der Waals surface area (Å²) in [4.78, 5) is 13.3. The monoisotopic (exact) mass is 725 g/mol. The predicted octanol–water partition coefficient (Wildman–Crippen LogP) is 10.1. The van der Waals surface area contributed by atoms with Crippen molar-refractivity contribution in [3.05, 3.63) is 0 Å². The van der Waals surface area contributed by atoms with Gasteiger partial charge in [-0.05, 0) is 98.1 Å². The lowest BCUT2D eigenvalue weighted by Gasteiger charge is -2.45. The fraction of sp³-hybridized carbons (Fsp3) is 0.971. The Labute approximate surface area is 293 Å². The van der Waals surface area contributed by atoms with Gasteiger partial charge in [0.25, 0.3) is 5.24 Å². The summed E-state index contributed by atoms with van der Waals surface area (Å²) in [7, 11) is -4.99. The molecule has 12 heteroatoms. The first-order valence-electron chi connectivity index (χ1n) is 17.6. The topological polar surface area (TPSA) is 72.5 Å². The zero-order valence-electron chi connectivity index (χ0n) is 33.6. The molecular formula is C34H76N3O5PSSi2. The number of rotatable bonds is 21. The Bertz CT molecular complexity index is 814. The van der Waals surface area contributed by atoms with E-state index in [4.69, 9.17) is 18.1 Å². The molecule has 46 heavy (non-hydrogen) atoms. The molecule has 0 aromatic carbocycles. The molecule has 0 radical (unpaired) electrons. The number of hydrogen-bond donors (Lipinski definition) is 1. The summed E-state index contributed by atoms with van der Waals surface area (Å²) in [6.45, 7) is 44.9. The van der Waals surface area contributed by atoms with Gasteiger partial charge >= 0.3 is 0 Å². The van der Waals surface area contributed by atoms with Gasteiger partial charge in [-0.15, -0.1) is 0 Å². The van der Waals surface area contributed by atoms with E-state index < -0.39 is 30.6 Å². The highest BCUT2D eigenvalue weighted by atomic mass is 32.2. The van der Waals surface area contributed by atoms with E-state index in [9.17, 15) is 4.79 Å².